The molecule has 1 aliphatic heterocycles. The molecule has 3 rings (SSSR count). The highest BCUT2D eigenvalue weighted by Gasteiger charge is 2.30. The lowest BCUT2D eigenvalue weighted by Gasteiger charge is -2.13. The molecule has 2 heterocycles. The molecule has 0 bridgehead atoms. The molecule has 0 unspecified atom stereocenters. The average Bonchev–Trinajstić information content (AvgIpc) is 2.97. The van der Waals surface area contributed by atoms with E-state index in [1.54, 1.807) is 0 Å². The van der Waals surface area contributed by atoms with Crippen molar-refractivity contribution in [2.24, 2.45) is 0 Å². The minimum Gasteiger partial charge on any atom is -0.395 e. The zero-order valence-corrected chi connectivity index (χ0v) is 13.2. The summed E-state index contributed by atoms with van der Waals surface area (Å²) in [7, 11) is 0. The smallest absolute Gasteiger partial charge is 0.277 e. The SMILES string of the molecule is CCn1c(C)cc2cc(NC3=CC(=O)N(CCO)C3=O)ccc21. The van der Waals surface area contributed by atoms with Gasteiger partial charge in [0, 0.05) is 34.9 Å². The standard InChI is InChI=1S/C17H19N3O3/c1-3-19-11(2)8-12-9-13(4-5-15(12)19)18-14-10-16(22)20(6-7-21)17(14)23/h4-5,8-10,18,21H,3,6-7H2,1-2H3. The van der Waals surface area contributed by atoms with E-state index in [-0.39, 0.29) is 18.8 Å². The summed E-state index contributed by atoms with van der Waals surface area (Å²) in [6.07, 6.45) is 1.27. The van der Waals surface area contributed by atoms with Gasteiger partial charge in [-0.05, 0) is 38.1 Å². The van der Waals surface area contributed by atoms with Crippen molar-refractivity contribution in [1.29, 1.82) is 0 Å². The molecule has 0 aliphatic carbocycles. The number of carbonyl (C=O) groups is 2. The molecule has 0 radical (unpaired) electrons. The van der Waals surface area contributed by atoms with Gasteiger partial charge in [0.25, 0.3) is 11.8 Å². The van der Waals surface area contributed by atoms with Crippen LogP contribution in [0.25, 0.3) is 10.9 Å². The van der Waals surface area contributed by atoms with E-state index >= 15 is 0 Å². The van der Waals surface area contributed by atoms with Crippen LogP contribution in [0.3, 0.4) is 0 Å². The number of anilines is 1. The van der Waals surface area contributed by atoms with Crippen molar-refractivity contribution in [3.05, 3.63) is 41.7 Å². The Morgan fingerprint density at radius 1 is 1.22 bits per heavy atom. The summed E-state index contributed by atoms with van der Waals surface area (Å²) in [6, 6.07) is 7.95. The van der Waals surface area contributed by atoms with Gasteiger partial charge in [-0.2, -0.15) is 0 Å². The van der Waals surface area contributed by atoms with E-state index in [1.807, 2.05) is 18.2 Å². The summed E-state index contributed by atoms with van der Waals surface area (Å²) in [6.45, 7) is 4.83. The maximum absolute atomic E-state index is 12.1. The molecule has 0 saturated heterocycles. The lowest BCUT2D eigenvalue weighted by molar-refractivity contribution is -0.137. The van der Waals surface area contributed by atoms with E-state index in [0.29, 0.717) is 0 Å². The van der Waals surface area contributed by atoms with E-state index in [9.17, 15) is 9.59 Å². The van der Waals surface area contributed by atoms with Crippen LogP contribution < -0.4 is 5.32 Å². The molecule has 2 amide bonds. The zero-order valence-electron chi connectivity index (χ0n) is 13.2. The highest BCUT2D eigenvalue weighted by atomic mass is 16.3. The maximum atomic E-state index is 12.1. The minimum absolute atomic E-state index is 0.0108. The van der Waals surface area contributed by atoms with E-state index in [4.69, 9.17) is 5.11 Å². The molecule has 1 aromatic heterocycles. The van der Waals surface area contributed by atoms with Crippen LogP contribution in [0.4, 0.5) is 5.69 Å². The second-order valence-electron chi connectivity index (χ2n) is 5.51. The number of aliphatic hydroxyl groups is 1. The molecule has 6 nitrogen and oxygen atoms in total. The van der Waals surface area contributed by atoms with Gasteiger partial charge in [-0.25, -0.2) is 0 Å². The summed E-state index contributed by atoms with van der Waals surface area (Å²) in [4.78, 5) is 24.9. The first kappa shape index (κ1) is 15.3. The number of rotatable bonds is 5. The van der Waals surface area contributed by atoms with Gasteiger partial charge < -0.3 is 15.0 Å². The molecular weight excluding hydrogens is 294 g/mol. The van der Waals surface area contributed by atoms with Crippen molar-refractivity contribution in [1.82, 2.24) is 9.47 Å². The Balaban J connectivity index is 1.86. The predicted molar refractivity (Wildman–Crippen MR) is 87.9 cm³/mol. The summed E-state index contributed by atoms with van der Waals surface area (Å²) in [5.41, 5.74) is 3.30. The van der Waals surface area contributed by atoms with Crippen LogP contribution >= 0.6 is 0 Å². The molecule has 0 atom stereocenters. The zero-order chi connectivity index (χ0) is 16.6. The first-order valence-electron chi connectivity index (χ1n) is 7.60. The van der Waals surface area contributed by atoms with Crippen molar-refractivity contribution in [3.8, 4) is 0 Å². The fourth-order valence-electron chi connectivity index (χ4n) is 2.97. The minimum atomic E-state index is -0.411. The number of hydrogen-bond acceptors (Lipinski definition) is 4. The van der Waals surface area contributed by atoms with Crippen LogP contribution in [0, 0.1) is 6.92 Å². The monoisotopic (exact) mass is 313 g/mol. The van der Waals surface area contributed by atoms with Crippen molar-refractivity contribution < 1.29 is 14.7 Å². The molecular formula is C17H19N3O3. The maximum Gasteiger partial charge on any atom is 0.277 e. The molecule has 6 heteroatoms. The predicted octanol–water partition coefficient (Wildman–Crippen LogP) is 1.63. The number of aliphatic hydroxyl groups excluding tert-OH is 1. The lowest BCUT2D eigenvalue weighted by Crippen LogP contribution is -2.34. The van der Waals surface area contributed by atoms with Crippen LogP contribution in [-0.4, -0.2) is 39.5 Å². The first-order chi connectivity index (χ1) is 11.0. The third-order valence-electron chi connectivity index (χ3n) is 4.04. The number of carbonyl (C=O) groups excluding carboxylic acids is 2. The van der Waals surface area contributed by atoms with Gasteiger partial charge in [0.2, 0.25) is 0 Å². The first-order valence-corrected chi connectivity index (χ1v) is 7.60. The molecule has 2 aromatic rings. The summed E-state index contributed by atoms with van der Waals surface area (Å²) in [5, 5.41) is 13.0. The number of hydrogen-bond donors (Lipinski definition) is 2. The number of nitrogens with one attached hydrogen (secondary N) is 1. The van der Waals surface area contributed by atoms with Gasteiger partial charge in [-0.1, -0.05) is 0 Å². The van der Waals surface area contributed by atoms with Crippen LogP contribution in [0.5, 0.6) is 0 Å². The number of fused-ring (bicyclic) bond motifs is 1. The second-order valence-corrected chi connectivity index (χ2v) is 5.51. The number of imide groups is 1. The Morgan fingerprint density at radius 3 is 2.70 bits per heavy atom. The van der Waals surface area contributed by atoms with Gasteiger partial charge in [-0.3, -0.25) is 14.5 Å². The van der Waals surface area contributed by atoms with Gasteiger partial charge in [0.15, 0.2) is 0 Å². The summed E-state index contributed by atoms with van der Waals surface area (Å²) in [5.74, 6) is -0.813. The number of amides is 2. The Labute approximate surface area is 134 Å². The molecule has 0 fully saturated rings. The van der Waals surface area contributed by atoms with Crippen LogP contribution in [0.15, 0.2) is 36.0 Å². The van der Waals surface area contributed by atoms with E-state index < -0.39 is 11.8 Å². The fourth-order valence-corrected chi connectivity index (χ4v) is 2.97. The second kappa shape index (κ2) is 5.89. The van der Waals surface area contributed by atoms with Crippen molar-refractivity contribution in [3.63, 3.8) is 0 Å². The van der Waals surface area contributed by atoms with Crippen LogP contribution in [-0.2, 0) is 16.1 Å². The van der Waals surface area contributed by atoms with E-state index in [1.165, 1.54) is 11.8 Å². The summed E-state index contributed by atoms with van der Waals surface area (Å²) >= 11 is 0. The van der Waals surface area contributed by atoms with E-state index in [0.717, 1.165) is 28.0 Å². The largest absolute Gasteiger partial charge is 0.395 e. The van der Waals surface area contributed by atoms with Crippen molar-refractivity contribution in [2.45, 2.75) is 20.4 Å². The fraction of sp³-hybridized carbons (Fsp3) is 0.294. The molecule has 0 saturated carbocycles. The Bertz CT molecular complexity index is 820. The van der Waals surface area contributed by atoms with Gasteiger partial charge in [0.05, 0.1) is 13.2 Å². The van der Waals surface area contributed by atoms with Crippen LogP contribution in [0.1, 0.15) is 12.6 Å². The van der Waals surface area contributed by atoms with Gasteiger partial charge >= 0.3 is 0 Å². The molecule has 0 spiro atoms. The number of β-amino-alcohol motifs (C(OH)–C–C–N with tert-alkyl or cyclic N) is 1. The van der Waals surface area contributed by atoms with Crippen LogP contribution in [0.2, 0.25) is 0 Å². The normalized spacial score (nSPS) is 14.7. The topological polar surface area (TPSA) is 74.6 Å². The number of aryl methyl sites for hydroxylation is 2. The van der Waals surface area contributed by atoms with Crippen molar-refractivity contribution in [2.75, 3.05) is 18.5 Å². The van der Waals surface area contributed by atoms with Gasteiger partial charge in [0.1, 0.15) is 5.70 Å². The third-order valence-corrected chi connectivity index (χ3v) is 4.04. The quantitative estimate of drug-likeness (QED) is 0.823. The lowest BCUT2D eigenvalue weighted by atomic mass is 10.2. The molecule has 1 aromatic carbocycles. The number of benzene rings is 1. The Morgan fingerprint density at radius 2 is 2.00 bits per heavy atom. The van der Waals surface area contributed by atoms with Gasteiger partial charge in [-0.15, -0.1) is 0 Å². The number of nitrogens with zero attached hydrogens (tertiary/aromatic N) is 2. The average molecular weight is 313 g/mol. The highest BCUT2D eigenvalue weighted by molar-refractivity contribution is 6.17. The van der Waals surface area contributed by atoms with Crippen molar-refractivity contribution >= 4 is 28.4 Å². The third kappa shape index (κ3) is 2.61. The molecule has 2 N–H and O–H groups in total. The van der Waals surface area contributed by atoms with E-state index in [2.05, 4.69) is 29.8 Å². The summed E-state index contributed by atoms with van der Waals surface area (Å²) < 4.78 is 2.21. The Kier molecular flexibility index (Phi) is 3.92. The highest BCUT2D eigenvalue weighted by Crippen LogP contribution is 2.25. The molecule has 120 valence electrons. The Hall–Kier alpha value is -2.60. The molecule has 23 heavy (non-hydrogen) atoms. The number of aromatic nitrogens is 1. The molecule has 1 aliphatic rings.